The van der Waals surface area contributed by atoms with E-state index >= 15 is 0 Å². The van der Waals surface area contributed by atoms with E-state index in [-0.39, 0.29) is 23.0 Å². The first-order valence-corrected chi connectivity index (χ1v) is 11.3. The number of benzene rings is 2. The van der Waals surface area contributed by atoms with Crippen LogP contribution in [-0.4, -0.2) is 14.5 Å². The van der Waals surface area contributed by atoms with Crippen LogP contribution < -0.4 is 16.6 Å². The maximum atomic E-state index is 14.8. The number of nitrogens with one attached hydrogen (secondary N) is 1. The maximum absolute atomic E-state index is 14.8. The zero-order chi connectivity index (χ0) is 23.7. The fourth-order valence-electron chi connectivity index (χ4n) is 3.68. The number of fused-ring (bicyclic) bond motifs is 1. The van der Waals surface area contributed by atoms with E-state index < -0.39 is 28.9 Å². The lowest BCUT2D eigenvalue weighted by molar-refractivity contribution is 0.561. The number of pyridine rings is 1. The Bertz CT molecular complexity index is 1460. The molecule has 0 aliphatic heterocycles. The Morgan fingerprint density at radius 1 is 1.24 bits per heavy atom. The minimum atomic E-state index is -0.874. The molecule has 0 unspecified atom stereocenters. The monoisotopic (exact) mass is 558 g/mol. The van der Waals surface area contributed by atoms with Gasteiger partial charge in [-0.2, -0.15) is 10.2 Å². The van der Waals surface area contributed by atoms with Crippen LogP contribution in [0.5, 0.6) is 0 Å². The molecule has 3 N–H and O–H groups in total. The van der Waals surface area contributed by atoms with E-state index in [2.05, 4.69) is 37.9 Å². The number of anilines is 2. The summed E-state index contributed by atoms with van der Waals surface area (Å²) in [6.07, 6.45) is 1.27. The fraction of sp³-hybridized carbons (Fsp3) is 0.130. The van der Waals surface area contributed by atoms with Gasteiger partial charge in [0, 0.05) is 10.1 Å². The highest BCUT2D eigenvalue weighted by Crippen LogP contribution is 2.28. The highest BCUT2D eigenvalue weighted by atomic mass is 127. The number of halogens is 3. The Kier molecular flexibility index (Phi) is 6.24. The largest absolute Gasteiger partial charge is 0.368 e. The van der Waals surface area contributed by atoms with Crippen molar-refractivity contribution < 1.29 is 8.78 Å². The summed E-state index contributed by atoms with van der Waals surface area (Å²) in [7, 11) is 0. The maximum Gasteiger partial charge on any atom is 0.263 e. The number of nitrogens with two attached hydrogens (primary N) is 1. The van der Waals surface area contributed by atoms with Crippen molar-refractivity contribution in [3.05, 3.63) is 87.5 Å². The number of aromatic nitrogens is 3. The second-order valence-corrected chi connectivity index (χ2v) is 8.03. The van der Waals surface area contributed by atoms with E-state index in [0.717, 1.165) is 22.3 Å². The summed E-state index contributed by atoms with van der Waals surface area (Å²) >= 11 is 2.14. The molecule has 0 saturated carbocycles. The summed E-state index contributed by atoms with van der Waals surface area (Å²) in [5.41, 5.74) is 5.81. The Hall–Kier alpha value is -3.59. The Balaban J connectivity index is 2.01. The predicted molar refractivity (Wildman–Crippen MR) is 130 cm³/mol. The normalized spacial score (nSPS) is 11.8. The molecule has 0 saturated heterocycles. The van der Waals surface area contributed by atoms with Gasteiger partial charge in [-0.1, -0.05) is 46.9 Å². The van der Waals surface area contributed by atoms with Gasteiger partial charge in [0.2, 0.25) is 5.95 Å². The van der Waals surface area contributed by atoms with Gasteiger partial charge < -0.3 is 11.1 Å². The molecule has 2 aromatic carbocycles. The van der Waals surface area contributed by atoms with Gasteiger partial charge in [-0.3, -0.25) is 9.36 Å². The molecule has 4 rings (SSSR count). The van der Waals surface area contributed by atoms with Crippen LogP contribution >= 0.6 is 22.6 Å². The summed E-state index contributed by atoms with van der Waals surface area (Å²) in [5, 5.41) is 13.4. The van der Waals surface area contributed by atoms with E-state index in [9.17, 15) is 18.8 Å². The van der Waals surface area contributed by atoms with Gasteiger partial charge in [-0.25, -0.2) is 13.8 Å². The van der Waals surface area contributed by atoms with Crippen LogP contribution in [0.3, 0.4) is 0 Å². The number of nitrogens with zero attached hydrogens (tertiary/aromatic N) is 4. The molecular weight excluding hydrogens is 541 g/mol. The average Bonchev–Trinajstić information content (AvgIpc) is 2.79. The van der Waals surface area contributed by atoms with E-state index in [1.807, 2.05) is 18.2 Å². The second kappa shape index (κ2) is 9.11. The number of rotatable bonds is 5. The fourth-order valence-corrected chi connectivity index (χ4v) is 4.32. The highest BCUT2D eigenvalue weighted by molar-refractivity contribution is 14.1. The first-order valence-electron chi connectivity index (χ1n) is 9.82. The molecule has 0 radical (unpaired) electrons. The van der Waals surface area contributed by atoms with Gasteiger partial charge in [-0.15, -0.1) is 0 Å². The number of hydrogen-bond donors (Lipinski definition) is 2. The van der Waals surface area contributed by atoms with Crippen LogP contribution in [0.2, 0.25) is 0 Å². The van der Waals surface area contributed by atoms with E-state index in [1.54, 1.807) is 19.1 Å². The van der Waals surface area contributed by atoms with Crippen LogP contribution in [0, 0.1) is 23.0 Å². The van der Waals surface area contributed by atoms with E-state index in [1.165, 1.54) is 12.3 Å². The Morgan fingerprint density at radius 2 is 1.94 bits per heavy atom. The second-order valence-electron chi connectivity index (χ2n) is 7.26. The molecule has 0 fully saturated rings. The molecule has 4 aromatic rings. The van der Waals surface area contributed by atoms with Gasteiger partial charge in [-0.05, 0) is 36.1 Å². The zero-order valence-electron chi connectivity index (χ0n) is 17.3. The molecule has 0 bridgehead atoms. The van der Waals surface area contributed by atoms with Crippen LogP contribution in [0.4, 0.5) is 20.5 Å². The van der Waals surface area contributed by atoms with Crippen molar-refractivity contribution in [2.24, 2.45) is 0 Å². The number of nitrogen functional groups attached to an aromatic ring is 1. The lowest BCUT2D eigenvalue weighted by Crippen LogP contribution is -2.28. The predicted octanol–water partition coefficient (Wildman–Crippen LogP) is 4.62. The quantitative estimate of drug-likeness (QED) is 0.273. The minimum Gasteiger partial charge on any atom is -0.368 e. The first kappa shape index (κ1) is 22.6. The number of hydrogen-bond acceptors (Lipinski definition) is 6. The molecule has 7 nitrogen and oxygen atoms in total. The lowest BCUT2D eigenvalue weighted by Gasteiger charge is -2.22. The molecular formula is C23H17F2IN6O. The van der Waals surface area contributed by atoms with Gasteiger partial charge in [0.25, 0.3) is 5.56 Å². The zero-order valence-corrected chi connectivity index (χ0v) is 19.5. The highest BCUT2D eigenvalue weighted by Gasteiger charge is 2.23. The van der Waals surface area contributed by atoms with Crippen molar-refractivity contribution in [2.45, 2.75) is 17.4 Å². The smallest absolute Gasteiger partial charge is 0.263 e. The van der Waals surface area contributed by atoms with Gasteiger partial charge in [0.1, 0.15) is 34.8 Å². The van der Waals surface area contributed by atoms with E-state index in [0.29, 0.717) is 15.2 Å². The van der Waals surface area contributed by atoms with Gasteiger partial charge in [0.15, 0.2) is 0 Å². The molecule has 166 valence electrons. The molecule has 2 heterocycles. The van der Waals surface area contributed by atoms with Crippen molar-refractivity contribution in [1.29, 1.82) is 5.26 Å². The van der Waals surface area contributed by atoms with Crippen molar-refractivity contribution in [1.82, 2.24) is 14.5 Å². The van der Waals surface area contributed by atoms with Gasteiger partial charge >= 0.3 is 0 Å². The molecule has 2 aromatic heterocycles. The number of nitriles is 1. The third kappa shape index (κ3) is 4.11. The van der Waals surface area contributed by atoms with Crippen molar-refractivity contribution in [3.8, 4) is 11.8 Å². The van der Waals surface area contributed by atoms with Crippen LogP contribution in [0.15, 0.2) is 53.5 Å². The SMILES string of the molecule is C[C@H](Nc1nc(N)ncc1C#N)c1cc2cccc(CI)c2c(=O)n1-c1c(F)cccc1F. The third-order valence-electron chi connectivity index (χ3n) is 5.19. The minimum absolute atomic E-state index is 0.0496. The van der Waals surface area contributed by atoms with Gasteiger partial charge in [0.05, 0.1) is 17.6 Å². The van der Waals surface area contributed by atoms with Crippen LogP contribution in [0.25, 0.3) is 16.5 Å². The summed E-state index contributed by atoms with van der Waals surface area (Å²) in [5.74, 6) is -1.65. The van der Waals surface area contributed by atoms with Crippen molar-refractivity contribution in [3.63, 3.8) is 0 Å². The van der Waals surface area contributed by atoms with E-state index in [4.69, 9.17) is 5.73 Å². The van der Waals surface area contributed by atoms with Crippen LogP contribution in [0.1, 0.15) is 29.8 Å². The van der Waals surface area contributed by atoms with Crippen molar-refractivity contribution >= 4 is 45.1 Å². The topological polar surface area (TPSA) is 110 Å². The first-order chi connectivity index (χ1) is 15.8. The summed E-state index contributed by atoms with van der Waals surface area (Å²) < 4.78 is 31.3. The Labute approximate surface area is 201 Å². The molecule has 0 amide bonds. The molecule has 33 heavy (non-hydrogen) atoms. The molecule has 0 aliphatic rings. The molecule has 0 aliphatic carbocycles. The standard InChI is InChI=1S/C23H17F2IN6O/c1-12(30-21-15(10-27)11-29-23(28)31-21)18-8-13-4-2-5-14(9-26)19(13)22(33)32(18)20-16(24)6-3-7-17(20)25/h2-8,11-12H,9H2,1H3,(H3,28,29,30,31)/t12-/m0/s1. The number of alkyl halides is 1. The Morgan fingerprint density at radius 3 is 2.61 bits per heavy atom. The van der Waals surface area contributed by atoms with Crippen molar-refractivity contribution in [2.75, 3.05) is 11.1 Å². The molecule has 0 spiro atoms. The summed E-state index contributed by atoms with van der Waals surface area (Å²) in [6, 6.07) is 11.8. The summed E-state index contributed by atoms with van der Waals surface area (Å²) in [6.45, 7) is 1.69. The third-order valence-corrected chi connectivity index (χ3v) is 6.01. The summed E-state index contributed by atoms with van der Waals surface area (Å²) in [4.78, 5) is 21.5. The average molecular weight is 558 g/mol. The lowest BCUT2D eigenvalue weighted by atomic mass is 10.0. The number of para-hydroxylation sites is 1. The van der Waals surface area contributed by atoms with Crippen LogP contribution in [-0.2, 0) is 4.43 Å². The molecule has 1 atom stereocenters. The molecule has 10 heteroatoms.